The molecular weight excluding hydrogens is 400 g/mol. The Morgan fingerprint density at radius 3 is 2.56 bits per heavy atom. The van der Waals surface area contributed by atoms with E-state index >= 15 is 0 Å². The van der Waals surface area contributed by atoms with Crippen molar-refractivity contribution in [1.29, 1.82) is 0 Å². The number of hydrogen-bond donors (Lipinski definition) is 2. The molecule has 0 aromatic heterocycles. The molecule has 2 aliphatic heterocycles. The average Bonchev–Trinajstić information content (AvgIpc) is 3.36. The lowest BCUT2D eigenvalue weighted by Crippen LogP contribution is -2.41. The number of anilines is 1. The van der Waals surface area contributed by atoms with Gasteiger partial charge in [0.25, 0.3) is 5.91 Å². The van der Waals surface area contributed by atoms with Crippen molar-refractivity contribution in [2.75, 3.05) is 44.6 Å². The summed E-state index contributed by atoms with van der Waals surface area (Å²) < 4.78 is 0. The van der Waals surface area contributed by atoms with Crippen LogP contribution in [0, 0.1) is 0 Å². The highest BCUT2D eigenvalue weighted by Gasteiger charge is 2.25. The number of carbonyl (C=O) groups is 2. The van der Waals surface area contributed by atoms with Crippen LogP contribution in [0.15, 0.2) is 54.6 Å². The van der Waals surface area contributed by atoms with Gasteiger partial charge in [-0.25, -0.2) is 4.79 Å². The molecule has 1 atom stereocenters. The summed E-state index contributed by atoms with van der Waals surface area (Å²) in [6.07, 6.45) is 5.56. The zero-order valence-corrected chi connectivity index (χ0v) is 18.8. The third kappa shape index (κ3) is 6.10. The lowest BCUT2D eigenvalue weighted by molar-refractivity contribution is 0.0951. The van der Waals surface area contributed by atoms with Gasteiger partial charge in [0, 0.05) is 36.8 Å². The Hall–Kier alpha value is -2.86. The van der Waals surface area contributed by atoms with Crippen molar-refractivity contribution in [2.45, 2.75) is 38.0 Å². The van der Waals surface area contributed by atoms with Crippen molar-refractivity contribution in [3.05, 3.63) is 65.7 Å². The van der Waals surface area contributed by atoms with Gasteiger partial charge in [-0.05, 0) is 81.6 Å². The molecule has 2 aromatic carbocycles. The first-order valence-electron chi connectivity index (χ1n) is 11.9. The van der Waals surface area contributed by atoms with Crippen molar-refractivity contribution < 1.29 is 9.59 Å². The minimum absolute atomic E-state index is 0.0113. The second-order valence-electron chi connectivity index (χ2n) is 8.87. The number of nitrogens with one attached hydrogen (secondary N) is 2. The third-order valence-electron chi connectivity index (χ3n) is 6.49. The SMILES string of the molecule is O=C(NCCCN1CCCC1)c1cccc([C@H]2CCCN(C(=O)Nc3ccccc3)C2)c1. The van der Waals surface area contributed by atoms with Gasteiger partial charge in [-0.2, -0.15) is 0 Å². The summed E-state index contributed by atoms with van der Waals surface area (Å²) in [5.74, 6) is 0.232. The lowest BCUT2D eigenvalue weighted by Gasteiger charge is -2.33. The zero-order chi connectivity index (χ0) is 22.2. The fourth-order valence-electron chi connectivity index (χ4n) is 4.70. The minimum atomic E-state index is -0.0622. The molecule has 2 N–H and O–H groups in total. The number of rotatable bonds is 7. The summed E-state index contributed by atoms with van der Waals surface area (Å²) >= 11 is 0. The van der Waals surface area contributed by atoms with E-state index in [9.17, 15) is 9.59 Å². The van der Waals surface area contributed by atoms with Crippen LogP contribution in [0.1, 0.15) is 53.9 Å². The smallest absolute Gasteiger partial charge is 0.321 e. The summed E-state index contributed by atoms with van der Waals surface area (Å²) in [4.78, 5) is 29.7. The number of carbonyl (C=O) groups excluding carboxylic acids is 2. The van der Waals surface area contributed by atoms with E-state index in [2.05, 4.69) is 21.6 Å². The largest absolute Gasteiger partial charge is 0.352 e. The molecule has 6 nitrogen and oxygen atoms in total. The maximum absolute atomic E-state index is 12.7. The average molecular weight is 435 g/mol. The predicted molar refractivity (Wildman–Crippen MR) is 128 cm³/mol. The van der Waals surface area contributed by atoms with Crippen LogP contribution in [-0.2, 0) is 0 Å². The van der Waals surface area contributed by atoms with Crippen molar-refractivity contribution in [1.82, 2.24) is 15.1 Å². The standard InChI is InChI=1S/C26H34N4O2/c31-25(27-14-8-17-29-15-4-5-16-29)22-10-6-9-21(19-22)23-11-7-18-30(20-23)26(32)28-24-12-2-1-3-13-24/h1-3,6,9-10,12-13,19,23H,4-5,7-8,11,14-18,20H2,(H,27,31)(H,28,32)/t23-/m0/s1. The van der Waals surface area contributed by atoms with Crippen LogP contribution < -0.4 is 10.6 Å². The first-order valence-corrected chi connectivity index (χ1v) is 11.9. The molecular formula is C26H34N4O2. The number of amides is 3. The first kappa shape index (κ1) is 22.3. The molecule has 32 heavy (non-hydrogen) atoms. The number of urea groups is 1. The number of nitrogens with zero attached hydrogens (tertiary/aromatic N) is 2. The monoisotopic (exact) mass is 434 g/mol. The molecule has 2 fully saturated rings. The predicted octanol–water partition coefficient (Wildman–Crippen LogP) is 4.31. The van der Waals surface area contributed by atoms with E-state index in [1.165, 1.54) is 25.9 Å². The normalized spacial score (nSPS) is 19.0. The van der Waals surface area contributed by atoms with Gasteiger partial charge >= 0.3 is 6.03 Å². The third-order valence-corrected chi connectivity index (χ3v) is 6.49. The Morgan fingerprint density at radius 2 is 1.75 bits per heavy atom. The number of para-hydroxylation sites is 1. The molecule has 0 spiro atoms. The molecule has 2 aromatic rings. The quantitative estimate of drug-likeness (QED) is 0.638. The lowest BCUT2D eigenvalue weighted by atomic mass is 9.89. The highest BCUT2D eigenvalue weighted by Crippen LogP contribution is 2.28. The topological polar surface area (TPSA) is 64.7 Å². The summed E-state index contributed by atoms with van der Waals surface area (Å²) in [7, 11) is 0. The van der Waals surface area contributed by atoms with Crippen LogP contribution in [0.5, 0.6) is 0 Å². The first-order chi connectivity index (χ1) is 15.7. The van der Waals surface area contributed by atoms with Gasteiger partial charge in [-0.15, -0.1) is 0 Å². The van der Waals surface area contributed by atoms with Gasteiger partial charge in [0.15, 0.2) is 0 Å². The van der Waals surface area contributed by atoms with Crippen LogP contribution in [0.3, 0.4) is 0 Å². The van der Waals surface area contributed by atoms with E-state index in [1.54, 1.807) is 0 Å². The molecule has 3 amide bonds. The number of hydrogen-bond acceptors (Lipinski definition) is 3. The molecule has 2 aliphatic rings. The van der Waals surface area contributed by atoms with Gasteiger partial charge in [0.05, 0.1) is 0 Å². The minimum Gasteiger partial charge on any atom is -0.352 e. The maximum atomic E-state index is 12.7. The fraction of sp³-hybridized carbons (Fsp3) is 0.462. The van der Waals surface area contributed by atoms with Crippen molar-refractivity contribution in [3.8, 4) is 0 Å². The van der Waals surface area contributed by atoms with E-state index in [-0.39, 0.29) is 17.9 Å². The van der Waals surface area contributed by atoms with E-state index in [4.69, 9.17) is 0 Å². The van der Waals surface area contributed by atoms with Gasteiger partial charge in [-0.3, -0.25) is 4.79 Å². The van der Waals surface area contributed by atoms with Crippen molar-refractivity contribution in [3.63, 3.8) is 0 Å². The van der Waals surface area contributed by atoms with Gasteiger partial charge in [0.1, 0.15) is 0 Å². The Kier molecular flexibility index (Phi) is 7.77. The fourth-order valence-corrected chi connectivity index (χ4v) is 4.70. The second-order valence-corrected chi connectivity index (χ2v) is 8.87. The summed E-state index contributed by atoms with van der Waals surface area (Å²) in [5.41, 5.74) is 2.64. The molecule has 0 aliphatic carbocycles. The van der Waals surface area contributed by atoms with Crippen LogP contribution in [0.25, 0.3) is 0 Å². The summed E-state index contributed by atoms with van der Waals surface area (Å²) in [6.45, 7) is 5.57. The van der Waals surface area contributed by atoms with E-state index in [0.717, 1.165) is 43.6 Å². The number of likely N-dealkylation sites (tertiary alicyclic amines) is 2. The van der Waals surface area contributed by atoms with Gasteiger partial charge in [0.2, 0.25) is 0 Å². The Morgan fingerprint density at radius 1 is 0.938 bits per heavy atom. The molecule has 2 heterocycles. The van der Waals surface area contributed by atoms with Gasteiger partial charge < -0.3 is 20.4 Å². The molecule has 0 saturated carbocycles. The van der Waals surface area contributed by atoms with E-state index in [1.807, 2.05) is 53.4 Å². The van der Waals surface area contributed by atoms with Crippen LogP contribution in [0.4, 0.5) is 10.5 Å². The second kappa shape index (κ2) is 11.1. The van der Waals surface area contributed by atoms with Gasteiger partial charge in [-0.1, -0.05) is 30.3 Å². The summed E-state index contributed by atoms with van der Waals surface area (Å²) in [5, 5.41) is 6.05. The number of benzene rings is 2. The maximum Gasteiger partial charge on any atom is 0.321 e. The Balaban J connectivity index is 1.29. The molecule has 6 heteroatoms. The van der Waals surface area contributed by atoms with E-state index < -0.39 is 0 Å². The van der Waals surface area contributed by atoms with E-state index in [0.29, 0.717) is 18.7 Å². The highest BCUT2D eigenvalue weighted by molar-refractivity contribution is 5.94. The zero-order valence-electron chi connectivity index (χ0n) is 18.8. The van der Waals surface area contributed by atoms with Crippen LogP contribution in [-0.4, -0.2) is 61.0 Å². The summed E-state index contributed by atoms with van der Waals surface area (Å²) in [6, 6.07) is 17.4. The Bertz CT molecular complexity index is 896. The molecule has 0 unspecified atom stereocenters. The highest BCUT2D eigenvalue weighted by atomic mass is 16.2. The Labute approximate surface area is 191 Å². The molecule has 2 saturated heterocycles. The van der Waals surface area contributed by atoms with Crippen molar-refractivity contribution >= 4 is 17.6 Å². The molecule has 0 bridgehead atoms. The molecule has 4 rings (SSSR count). The van der Waals surface area contributed by atoms with Crippen molar-refractivity contribution in [2.24, 2.45) is 0 Å². The number of piperidine rings is 1. The molecule has 0 radical (unpaired) electrons. The van der Waals surface area contributed by atoms with Crippen LogP contribution in [0.2, 0.25) is 0 Å². The molecule has 170 valence electrons. The van der Waals surface area contributed by atoms with Crippen LogP contribution >= 0.6 is 0 Å².